The Hall–Kier alpha value is -2.04. The van der Waals surface area contributed by atoms with Crippen molar-refractivity contribution in [2.24, 2.45) is 5.92 Å². The molecule has 3 unspecified atom stereocenters. The molecular formula is C20H23F3N2O4S. The molecule has 3 atom stereocenters. The fourth-order valence-corrected chi connectivity index (χ4v) is 4.82. The lowest BCUT2D eigenvalue weighted by Gasteiger charge is -2.45. The Morgan fingerprint density at radius 2 is 2.00 bits per heavy atom. The second kappa shape index (κ2) is 8.99. The van der Waals surface area contributed by atoms with Crippen LogP contribution in [-0.4, -0.2) is 71.5 Å². The fourth-order valence-electron chi connectivity index (χ4n) is 3.51. The Morgan fingerprint density at radius 3 is 2.60 bits per heavy atom. The number of thioether (sulfide) groups is 1. The number of hydrogen-bond donors (Lipinski definition) is 1. The van der Waals surface area contributed by atoms with Crippen molar-refractivity contribution in [2.75, 3.05) is 26.4 Å². The standard InChI is InChI=1S/C20H23F3N2O4S/c1-24(2)8-9-30-14-10-13-15(17(26)20(21,22)23)18(27)25(13)16(14)19(28)29-11-12-6-4-3-5-7-12/h3-7,13,15,17,26H,8-11H2,1-2H3. The van der Waals surface area contributed by atoms with Crippen LogP contribution >= 0.6 is 11.8 Å². The Bertz CT molecular complexity index is 829. The van der Waals surface area contributed by atoms with Crippen LogP contribution in [0.4, 0.5) is 13.2 Å². The third kappa shape index (κ3) is 4.65. The van der Waals surface area contributed by atoms with Gasteiger partial charge in [0.1, 0.15) is 12.3 Å². The highest BCUT2D eigenvalue weighted by Crippen LogP contribution is 2.49. The van der Waals surface area contributed by atoms with Gasteiger partial charge in [0.25, 0.3) is 0 Å². The Kier molecular flexibility index (Phi) is 6.78. The Labute approximate surface area is 176 Å². The number of fused-ring (bicyclic) bond motifs is 1. The predicted molar refractivity (Wildman–Crippen MR) is 105 cm³/mol. The number of carbonyl (C=O) groups excluding carboxylic acids is 2. The number of aliphatic hydroxyl groups excluding tert-OH is 1. The first kappa shape index (κ1) is 22.6. The van der Waals surface area contributed by atoms with Gasteiger partial charge in [0.15, 0.2) is 6.10 Å². The molecule has 0 aromatic heterocycles. The molecule has 1 amide bonds. The van der Waals surface area contributed by atoms with Crippen LogP contribution in [0.15, 0.2) is 40.9 Å². The van der Waals surface area contributed by atoms with E-state index in [0.29, 0.717) is 17.2 Å². The molecule has 1 aromatic carbocycles. The van der Waals surface area contributed by atoms with Crippen LogP contribution in [0.5, 0.6) is 0 Å². The maximum absolute atomic E-state index is 13.0. The van der Waals surface area contributed by atoms with Crippen LogP contribution < -0.4 is 0 Å². The van der Waals surface area contributed by atoms with Gasteiger partial charge in [-0.15, -0.1) is 11.8 Å². The predicted octanol–water partition coefficient (Wildman–Crippen LogP) is 2.39. The van der Waals surface area contributed by atoms with E-state index >= 15 is 0 Å². The van der Waals surface area contributed by atoms with Crippen molar-refractivity contribution in [3.8, 4) is 0 Å². The monoisotopic (exact) mass is 444 g/mol. The van der Waals surface area contributed by atoms with Gasteiger partial charge in [0.2, 0.25) is 5.91 Å². The topological polar surface area (TPSA) is 70.1 Å². The van der Waals surface area contributed by atoms with Gasteiger partial charge in [0.05, 0.1) is 12.0 Å². The lowest BCUT2D eigenvalue weighted by Crippen LogP contribution is -2.64. The highest BCUT2D eigenvalue weighted by atomic mass is 32.2. The minimum Gasteiger partial charge on any atom is -0.456 e. The maximum atomic E-state index is 13.0. The highest BCUT2D eigenvalue weighted by molar-refractivity contribution is 8.03. The van der Waals surface area contributed by atoms with Crippen LogP contribution in [0.2, 0.25) is 0 Å². The molecular weight excluding hydrogens is 421 g/mol. The van der Waals surface area contributed by atoms with Crippen molar-refractivity contribution in [3.05, 3.63) is 46.5 Å². The van der Waals surface area contributed by atoms with Gasteiger partial charge in [-0.3, -0.25) is 4.79 Å². The van der Waals surface area contributed by atoms with E-state index in [9.17, 15) is 27.9 Å². The average molecular weight is 444 g/mol. The SMILES string of the molecule is CN(C)CCSC1=C(C(=O)OCc2ccccc2)N2C(=O)C(C(O)C(F)(F)F)C2C1. The smallest absolute Gasteiger partial charge is 0.415 e. The van der Waals surface area contributed by atoms with E-state index in [-0.39, 0.29) is 18.7 Å². The van der Waals surface area contributed by atoms with Crippen LogP contribution in [0.3, 0.4) is 0 Å². The van der Waals surface area contributed by atoms with E-state index in [0.717, 1.165) is 10.5 Å². The molecule has 2 heterocycles. The number of carbonyl (C=O) groups is 2. The minimum absolute atomic E-state index is 0.00434. The summed E-state index contributed by atoms with van der Waals surface area (Å²) in [4.78, 5) is 28.7. The molecule has 0 saturated carbocycles. The van der Waals surface area contributed by atoms with Gasteiger partial charge < -0.3 is 19.6 Å². The molecule has 6 nitrogen and oxygen atoms in total. The largest absolute Gasteiger partial charge is 0.456 e. The molecule has 0 radical (unpaired) electrons. The number of ether oxygens (including phenoxy) is 1. The number of amides is 1. The second-order valence-corrected chi connectivity index (χ2v) is 8.67. The lowest BCUT2D eigenvalue weighted by molar-refractivity contribution is -0.236. The van der Waals surface area contributed by atoms with E-state index in [2.05, 4.69) is 0 Å². The average Bonchev–Trinajstić information content (AvgIpc) is 3.00. The van der Waals surface area contributed by atoms with Crippen LogP contribution in [0.25, 0.3) is 0 Å². The van der Waals surface area contributed by atoms with Gasteiger partial charge in [-0.2, -0.15) is 13.2 Å². The lowest BCUT2D eigenvalue weighted by atomic mass is 9.82. The third-order valence-corrected chi connectivity index (χ3v) is 6.16. The Balaban J connectivity index is 1.77. The van der Waals surface area contributed by atoms with Crippen LogP contribution in [0, 0.1) is 5.92 Å². The number of aliphatic hydroxyl groups is 1. The normalized spacial score (nSPS) is 22.2. The van der Waals surface area contributed by atoms with E-state index in [1.807, 2.05) is 25.1 Å². The summed E-state index contributed by atoms with van der Waals surface area (Å²) in [6.07, 6.45) is -7.56. The van der Waals surface area contributed by atoms with Crippen molar-refractivity contribution in [1.29, 1.82) is 0 Å². The zero-order valence-electron chi connectivity index (χ0n) is 16.6. The quantitative estimate of drug-likeness (QED) is 0.491. The Morgan fingerprint density at radius 1 is 1.33 bits per heavy atom. The summed E-state index contributed by atoms with van der Waals surface area (Å²) in [6, 6.07) is 8.05. The summed E-state index contributed by atoms with van der Waals surface area (Å²) in [5.74, 6) is -2.66. The van der Waals surface area contributed by atoms with E-state index in [1.165, 1.54) is 11.8 Å². The van der Waals surface area contributed by atoms with Crippen molar-refractivity contribution < 1.29 is 32.6 Å². The molecule has 2 aliphatic rings. The second-order valence-electron chi connectivity index (χ2n) is 7.48. The van der Waals surface area contributed by atoms with Crippen molar-refractivity contribution >= 4 is 23.6 Å². The number of nitrogens with zero attached hydrogens (tertiary/aromatic N) is 2. The summed E-state index contributed by atoms with van der Waals surface area (Å²) >= 11 is 1.32. The summed E-state index contributed by atoms with van der Waals surface area (Å²) in [5.41, 5.74) is 0.749. The maximum Gasteiger partial charge on any atom is 0.415 e. The first-order chi connectivity index (χ1) is 14.1. The fraction of sp³-hybridized carbons (Fsp3) is 0.500. The molecule has 1 saturated heterocycles. The van der Waals surface area contributed by atoms with Crippen molar-refractivity contribution in [1.82, 2.24) is 9.80 Å². The molecule has 2 aliphatic heterocycles. The number of esters is 1. The third-order valence-electron chi connectivity index (χ3n) is 5.06. The van der Waals surface area contributed by atoms with Gasteiger partial charge in [-0.05, 0) is 19.7 Å². The van der Waals surface area contributed by atoms with Crippen molar-refractivity contribution in [3.63, 3.8) is 0 Å². The van der Waals surface area contributed by atoms with Gasteiger partial charge in [-0.1, -0.05) is 30.3 Å². The van der Waals surface area contributed by atoms with Gasteiger partial charge >= 0.3 is 12.1 Å². The summed E-state index contributed by atoms with van der Waals surface area (Å²) in [7, 11) is 3.76. The number of alkyl halides is 3. The molecule has 0 aliphatic carbocycles. The number of β-lactam (4-membered cyclic amide) rings is 1. The number of rotatable bonds is 8. The minimum atomic E-state index is -4.90. The molecule has 1 aromatic rings. The first-order valence-electron chi connectivity index (χ1n) is 9.41. The zero-order valence-corrected chi connectivity index (χ0v) is 17.4. The first-order valence-corrected chi connectivity index (χ1v) is 10.4. The van der Waals surface area contributed by atoms with E-state index < -0.39 is 36.1 Å². The van der Waals surface area contributed by atoms with E-state index in [4.69, 9.17) is 4.74 Å². The van der Waals surface area contributed by atoms with Crippen molar-refractivity contribution in [2.45, 2.75) is 31.3 Å². The number of benzene rings is 1. The van der Waals surface area contributed by atoms with Gasteiger partial charge in [0, 0.05) is 23.6 Å². The number of hydrogen-bond acceptors (Lipinski definition) is 6. The summed E-state index contributed by atoms with van der Waals surface area (Å²) in [5, 5.41) is 9.61. The molecule has 1 N–H and O–H groups in total. The van der Waals surface area contributed by atoms with Crippen LogP contribution in [0.1, 0.15) is 12.0 Å². The molecule has 10 heteroatoms. The van der Waals surface area contributed by atoms with Crippen LogP contribution in [-0.2, 0) is 20.9 Å². The molecule has 164 valence electrons. The number of halogens is 3. The van der Waals surface area contributed by atoms with Gasteiger partial charge in [-0.25, -0.2) is 4.79 Å². The van der Waals surface area contributed by atoms with E-state index in [1.54, 1.807) is 24.3 Å². The zero-order chi connectivity index (χ0) is 22.1. The molecule has 30 heavy (non-hydrogen) atoms. The molecule has 0 bridgehead atoms. The molecule has 3 rings (SSSR count). The molecule has 1 fully saturated rings. The molecule has 0 spiro atoms. The summed E-state index contributed by atoms with van der Waals surface area (Å²) < 4.78 is 44.2. The highest BCUT2D eigenvalue weighted by Gasteiger charge is 2.62. The summed E-state index contributed by atoms with van der Waals surface area (Å²) in [6.45, 7) is 0.674.